The van der Waals surface area contributed by atoms with Crippen molar-refractivity contribution in [2.45, 2.75) is 23.9 Å². The Morgan fingerprint density at radius 2 is 1.89 bits per heavy atom. The summed E-state index contributed by atoms with van der Waals surface area (Å²) in [6.07, 6.45) is 1.70. The number of nitrogens with zero attached hydrogens (tertiary/aromatic N) is 5. The van der Waals surface area contributed by atoms with Gasteiger partial charge in [-0.05, 0) is 42.8 Å². The highest BCUT2D eigenvalue weighted by atomic mass is 35.5. The first-order valence-electron chi connectivity index (χ1n) is 11.3. The van der Waals surface area contributed by atoms with E-state index < -0.39 is 12.0 Å². The van der Waals surface area contributed by atoms with E-state index in [9.17, 15) is 4.79 Å². The van der Waals surface area contributed by atoms with E-state index in [0.29, 0.717) is 44.7 Å². The molecule has 36 heavy (non-hydrogen) atoms. The number of ether oxygens (including phenoxy) is 1. The molecular formula is C26H23ClN6O2S. The van der Waals surface area contributed by atoms with Crippen LogP contribution in [-0.2, 0) is 10.5 Å². The van der Waals surface area contributed by atoms with Crippen molar-refractivity contribution in [1.29, 1.82) is 0 Å². The largest absolute Gasteiger partial charge is 0.495 e. The molecule has 182 valence electrons. The molecule has 0 fully saturated rings. The van der Waals surface area contributed by atoms with Gasteiger partial charge in [0, 0.05) is 22.7 Å². The number of anilines is 1. The summed E-state index contributed by atoms with van der Waals surface area (Å²) in [6.45, 7) is 1.83. The second kappa shape index (κ2) is 10.5. The molecule has 0 bridgehead atoms. The van der Waals surface area contributed by atoms with Gasteiger partial charge in [0.1, 0.15) is 17.7 Å². The number of hydrogen-bond donors (Lipinski definition) is 1. The first-order chi connectivity index (χ1) is 17.5. The molecule has 0 saturated heterocycles. The fourth-order valence-corrected chi connectivity index (χ4v) is 5.22. The molecule has 5 rings (SSSR count). The van der Waals surface area contributed by atoms with E-state index in [1.54, 1.807) is 30.1 Å². The highest BCUT2D eigenvalue weighted by molar-refractivity contribution is 7.98. The quantitative estimate of drug-likeness (QED) is 0.321. The monoisotopic (exact) mass is 518 g/mol. The number of methoxy groups -OCH3 is 1. The predicted octanol–water partition coefficient (Wildman–Crippen LogP) is 5.58. The summed E-state index contributed by atoms with van der Waals surface area (Å²) < 4.78 is 7.10. The molecule has 1 aliphatic rings. The minimum atomic E-state index is -0.652. The molecule has 1 amide bonds. The number of thioether (sulfide) groups is 1. The predicted molar refractivity (Wildman–Crippen MR) is 141 cm³/mol. The summed E-state index contributed by atoms with van der Waals surface area (Å²) in [5, 5.41) is 8.98. The first-order valence-corrected chi connectivity index (χ1v) is 12.6. The van der Waals surface area contributed by atoms with Crippen molar-refractivity contribution in [1.82, 2.24) is 19.7 Å². The van der Waals surface area contributed by atoms with Crippen molar-refractivity contribution in [2.75, 3.05) is 12.4 Å². The van der Waals surface area contributed by atoms with Crippen LogP contribution < -0.4 is 10.1 Å². The van der Waals surface area contributed by atoms with Gasteiger partial charge in [-0.3, -0.25) is 9.78 Å². The number of carbonyl (C=O) groups is 1. The number of amides is 1. The minimum Gasteiger partial charge on any atom is -0.495 e. The Labute approximate surface area is 217 Å². The lowest BCUT2D eigenvalue weighted by Gasteiger charge is -2.29. The Balaban J connectivity index is 1.48. The Morgan fingerprint density at radius 3 is 2.67 bits per heavy atom. The van der Waals surface area contributed by atoms with Gasteiger partial charge in [0.05, 0.1) is 18.5 Å². The molecule has 1 N–H and O–H groups in total. The number of benzene rings is 2. The van der Waals surface area contributed by atoms with Crippen molar-refractivity contribution >= 4 is 46.6 Å². The SMILES string of the molecule is COc1ccccc1NC(=O)C1C(C)=Nc2nc(SCc3ccccc3Cl)nn2C1c1ccccn1. The Kier molecular flexibility index (Phi) is 7.02. The van der Waals surface area contributed by atoms with E-state index in [2.05, 4.69) is 20.3 Å². The van der Waals surface area contributed by atoms with Crippen molar-refractivity contribution in [3.63, 3.8) is 0 Å². The number of fused-ring (bicyclic) bond motifs is 1. The van der Waals surface area contributed by atoms with Crippen LogP contribution >= 0.6 is 23.4 Å². The van der Waals surface area contributed by atoms with Crippen LogP contribution in [0.5, 0.6) is 5.75 Å². The molecule has 2 unspecified atom stereocenters. The highest BCUT2D eigenvalue weighted by Crippen LogP contribution is 2.37. The lowest BCUT2D eigenvalue weighted by Crippen LogP contribution is -2.39. The maximum absolute atomic E-state index is 13.6. The average Bonchev–Trinajstić information content (AvgIpc) is 3.30. The molecule has 8 nitrogen and oxygen atoms in total. The fraction of sp³-hybridized carbons (Fsp3) is 0.192. The Hall–Kier alpha value is -3.69. The third-order valence-electron chi connectivity index (χ3n) is 5.85. The maximum Gasteiger partial charge on any atom is 0.249 e. The number of para-hydroxylation sites is 2. The van der Waals surface area contributed by atoms with Crippen molar-refractivity contribution in [3.8, 4) is 5.75 Å². The van der Waals surface area contributed by atoms with Crippen LogP contribution in [0.15, 0.2) is 83.1 Å². The van der Waals surface area contributed by atoms with Crippen LogP contribution in [0.1, 0.15) is 24.2 Å². The second-order valence-electron chi connectivity index (χ2n) is 8.14. The number of carbonyl (C=O) groups excluding carboxylic acids is 1. The van der Waals surface area contributed by atoms with E-state index in [-0.39, 0.29) is 5.91 Å². The van der Waals surface area contributed by atoms with Gasteiger partial charge in [0.2, 0.25) is 17.0 Å². The molecule has 0 aliphatic carbocycles. The van der Waals surface area contributed by atoms with Crippen LogP contribution in [0.3, 0.4) is 0 Å². The smallest absolute Gasteiger partial charge is 0.249 e. The van der Waals surface area contributed by atoms with Gasteiger partial charge in [0.15, 0.2) is 0 Å². The molecule has 2 aromatic heterocycles. The molecule has 1 aliphatic heterocycles. The normalized spacial score (nSPS) is 16.7. The number of hydrogen-bond acceptors (Lipinski definition) is 7. The Morgan fingerprint density at radius 1 is 1.11 bits per heavy atom. The van der Waals surface area contributed by atoms with Crippen molar-refractivity contribution < 1.29 is 9.53 Å². The van der Waals surface area contributed by atoms with E-state index in [4.69, 9.17) is 21.4 Å². The van der Waals surface area contributed by atoms with Gasteiger partial charge in [0.25, 0.3) is 0 Å². The summed E-state index contributed by atoms with van der Waals surface area (Å²) in [4.78, 5) is 27.5. The van der Waals surface area contributed by atoms with Gasteiger partial charge in [-0.2, -0.15) is 4.98 Å². The molecule has 3 heterocycles. The van der Waals surface area contributed by atoms with Gasteiger partial charge in [-0.15, -0.1) is 5.10 Å². The van der Waals surface area contributed by atoms with Crippen molar-refractivity contribution in [3.05, 3.63) is 89.2 Å². The Bertz CT molecular complexity index is 1420. The highest BCUT2D eigenvalue weighted by Gasteiger charge is 2.40. The third-order valence-corrected chi connectivity index (χ3v) is 7.11. The number of rotatable bonds is 7. The minimum absolute atomic E-state index is 0.233. The van der Waals surface area contributed by atoms with E-state index in [1.807, 2.05) is 61.5 Å². The summed E-state index contributed by atoms with van der Waals surface area (Å²) >= 11 is 7.78. The third kappa shape index (κ3) is 4.84. The first kappa shape index (κ1) is 24.0. The van der Waals surface area contributed by atoms with Crippen LogP contribution in [0.2, 0.25) is 5.02 Å². The molecule has 2 atom stereocenters. The molecular weight excluding hydrogens is 496 g/mol. The molecule has 10 heteroatoms. The van der Waals surface area contributed by atoms with Crippen LogP contribution in [0.25, 0.3) is 0 Å². The van der Waals surface area contributed by atoms with Gasteiger partial charge >= 0.3 is 0 Å². The maximum atomic E-state index is 13.6. The molecule has 2 aromatic carbocycles. The van der Waals surface area contributed by atoms with Crippen LogP contribution in [0, 0.1) is 5.92 Å². The molecule has 0 saturated carbocycles. The average molecular weight is 519 g/mol. The zero-order chi connectivity index (χ0) is 25.1. The topological polar surface area (TPSA) is 94.3 Å². The lowest BCUT2D eigenvalue weighted by atomic mass is 9.90. The van der Waals surface area contributed by atoms with Gasteiger partial charge in [-0.25, -0.2) is 9.67 Å². The van der Waals surface area contributed by atoms with E-state index in [1.165, 1.54) is 11.8 Å². The van der Waals surface area contributed by atoms with Gasteiger partial charge < -0.3 is 10.1 Å². The zero-order valence-electron chi connectivity index (χ0n) is 19.6. The summed E-state index contributed by atoms with van der Waals surface area (Å²) in [5.74, 6) is 0.734. The standard InChI is InChI=1S/C26H23ClN6O2S/c1-16-22(24(34)30-19-11-5-6-13-21(19)35-2)23(20-12-7-8-14-28-20)33-25(29-16)31-26(32-33)36-15-17-9-3-4-10-18(17)27/h3-14,22-23H,15H2,1-2H3,(H,30,34). The molecule has 0 radical (unpaired) electrons. The van der Waals surface area contributed by atoms with Gasteiger partial charge in [-0.1, -0.05) is 59.8 Å². The number of aliphatic imine (C=N–C) groups is 1. The fourth-order valence-electron chi connectivity index (χ4n) is 4.11. The second-order valence-corrected chi connectivity index (χ2v) is 9.49. The number of halogens is 1. The van der Waals surface area contributed by atoms with Crippen LogP contribution in [0.4, 0.5) is 11.6 Å². The summed E-state index contributed by atoms with van der Waals surface area (Å²) in [6, 6.07) is 20.1. The van der Waals surface area contributed by atoms with Crippen molar-refractivity contribution in [2.24, 2.45) is 10.9 Å². The number of pyridine rings is 1. The molecule has 0 spiro atoms. The number of aromatic nitrogens is 4. The summed E-state index contributed by atoms with van der Waals surface area (Å²) in [7, 11) is 1.57. The van der Waals surface area contributed by atoms with Crippen LogP contribution in [-0.4, -0.2) is 38.5 Å². The zero-order valence-corrected chi connectivity index (χ0v) is 21.2. The molecule has 4 aromatic rings. The summed E-state index contributed by atoms with van der Waals surface area (Å²) in [5.41, 5.74) is 2.89. The van der Waals surface area contributed by atoms with E-state index >= 15 is 0 Å². The number of nitrogens with one attached hydrogen (secondary N) is 1. The lowest BCUT2D eigenvalue weighted by molar-refractivity contribution is -0.118. The van der Waals surface area contributed by atoms with E-state index in [0.717, 1.165) is 5.56 Å².